The minimum absolute atomic E-state index is 0.0255. The zero-order chi connectivity index (χ0) is 17.9. The zero-order valence-corrected chi connectivity index (χ0v) is 14.8. The lowest BCUT2D eigenvalue weighted by Crippen LogP contribution is -2.50. The van der Waals surface area contributed by atoms with E-state index in [1.807, 2.05) is 41.3 Å². The molecule has 6 nitrogen and oxygen atoms in total. The first-order valence-corrected chi connectivity index (χ1v) is 9.03. The van der Waals surface area contributed by atoms with Crippen LogP contribution in [0.25, 0.3) is 0 Å². The quantitative estimate of drug-likeness (QED) is 0.910. The van der Waals surface area contributed by atoms with Gasteiger partial charge in [-0.3, -0.25) is 4.98 Å². The number of aromatic nitrogens is 1. The number of fused-ring (bicyclic) bond motifs is 2. The first-order valence-electron chi connectivity index (χ1n) is 9.03. The van der Waals surface area contributed by atoms with Gasteiger partial charge < -0.3 is 19.7 Å². The molecule has 0 saturated carbocycles. The molecule has 0 radical (unpaired) electrons. The summed E-state index contributed by atoms with van der Waals surface area (Å²) in [6, 6.07) is 11.6. The third kappa shape index (κ3) is 3.45. The number of benzene rings is 1. The number of carbonyl (C=O) groups is 1. The van der Waals surface area contributed by atoms with E-state index in [9.17, 15) is 4.79 Å². The van der Waals surface area contributed by atoms with E-state index >= 15 is 0 Å². The second-order valence-electron chi connectivity index (χ2n) is 6.85. The predicted molar refractivity (Wildman–Crippen MR) is 98.5 cm³/mol. The maximum Gasteiger partial charge on any atom is 0.322 e. The Morgan fingerprint density at radius 3 is 2.46 bits per heavy atom. The van der Waals surface area contributed by atoms with Crippen LogP contribution in [0.4, 0.5) is 10.5 Å². The van der Waals surface area contributed by atoms with Crippen LogP contribution in [0.5, 0.6) is 11.5 Å². The number of urea groups is 1. The lowest BCUT2D eigenvalue weighted by Gasteiger charge is -2.38. The standard InChI is InChI=1S/C20H23N3O3/c1-25-17-8-4-14(5-9-17)22-20(24)23-15-6-7-16(23)12-19(11-15)26-18-3-2-10-21-13-18/h2-5,8-10,13,15-16,19H,6-7,11-12H2,1H3,(H,22,24). The van der Waals surface area contributed by atoms with Crippen LogP contribution in [0.15, 0.2) is 48.8 Å². The number of rotatable bonds is 4. The van der Waals surface area contributed by atoms with Crippen molar-refractivity contribution < 1.29 is 14.3 Å². The van der Waals surface area contributed by atoms with Gasteiger partial charge >= 0.3 is 6.03 Å². The fraction of sp³-hybridized carbons (Fsp3) is 0.400. The Labute approximate surface area is 153 Å². The summed E-state index contributed by atoms with van der Waals surface area (Å²) in [6.07, 6.45) is 7.42. The summed E-state index contributed by atoms with van der Waals surface area (Å²) in [7, 11) is 1.63. The van der Waals surface area contributed by atoms with Crippen molar-refractivity contribution in [2.45, 2.75) is 43.9 Å². The van der Waals surface area contributed by atoms with Gasteiger partial charge in [0.15, 0.2) is 0 Å². The number of ether oxygens (including phenoxy) is 2. The highest BCUT2D eigenvalue weighted by Gasteiger charge is 2.44. The third-order valence-electron chi connectivity index (χ3n) is 5.20. The summed E-state index contributed by atoms with van der Waals surface area (Å²) >= 11 is 0. The number of piperidine rings is 1. The molecule has 0 aliphatic carbocycles. The maximum atomic E-state index is 12.8. The average Bonchev–Trinajstić information content (AvgIpc) is 2.94. The molecule has 2 bridgehead atoms. The van der Waals surface area contributed by atoms with Gasteiger partial charge in [0.05, 0.1) is 13.3 Å². The molecular weight excluding hydrogens is 330 g/mol. The SMILES string of the molecule is COc1ccc(NC(=O)N2C3CCC2CC(Oc2cccnc2)C3)cc1. The summed E-state index contributed by atoms with van der Waals surface area (Å²) in [5, 5.41) is 3.01. The largest absolute Gasteiger partial charge is 0.497 e. The Morgan fingerprint density at radius 1 is 1.12 bits per heavy atom. The Hall–Kier alpha value is -2.76. The molecule has 1 N–H and O–H groups in total. The molecule has 2 unspecified atom stereocenters. The van der Waals surface area contributed by atoms with Crippen LogP contribution in [-0.2, 0) is 0 Å². The van der Waals surface area contributed by atoms with E-state index in [1.54, 1.807) is 19.5 Å². The second-order valence-corrected chi connectivity index (χ2v) is 6.85. The summed E-state index contributed by atoms with van der Waals surface area (Å²) in [5.41, 5.74) is 0.781. The molecule has 2 atom stereocenters. The van der Waals surface area contributed by atoms with Crippen LogP contribution in [0, 0.1) is 0 Å². The number of methoxy groups -OCH3 is 1. The number of hydrogen-bond acceptors (Lipinski definition) is 4. The van der Waals surface area contributed by atoms with E-state index in [1.165, 1.54) is 0 Å². The van der Waals surface area contributed by atoms with Crippen LogP contribution in [0.3, 0.4) is 0 Å². The Balaban J connectivity index is 1.38. The van der Waals surface area contributed by atoms with Gasteiger partial charge in [-0.1, -0.05) is 0 Å². The lowest BCUT2D eigenvalue weighted by molar-refractivity contribution is 0.0730. The summed E-state index contributed by atoms with van der Waals surface area (Å²) < 4.78 is 11.2. The van der Waals surface area contributed by atoms with E-state index in [2.05, 4.69) is 10.3 Å². The molecule has 6 heteroatoms. The third-order valence-corrected chi connectivity index (χ3v) is 5.20. The van der Waals surface area contributed by atoms with Gasteiger partial charge in [0, 0.05) is 36.8 Å². The van der Waals surface area contributed by atoms with Crippen LogP contribution < -0.4 is 14.8 Å². The normalized spacial score (nSPS) is 24.2. The highest BCUT2D eigenvalue weighted by molar-refractivity contribution is 5.90. The number of amides is 2. The van der Waals surface area contributed by atoms with E-state index < -0.39 is 0 Å². The molecule has 136 valence electrons. The van der Waals surface area contributed by atoms with E-state index in [4.69, 9.17) is 9.47 Å². The van der Waals surface area contributed by atoms with E-state index in [0.717, 1.165) is 42.9 Å². The van der Waals surface area contributed by atoms with Crippen LogP contribution in [0.1, 0.15) is 25.7 Å². The fourth-order valence-electron chi connectivity index (χ4n) is 4.03. The molecule has 1 aromatic carbocycles. The summed E-state index contributed by atoms with van der Waals surface area (Å²) in [4.78, 5) is 18.9. The molecule has 26 heavy (non-hydrogen) atoms. The van der Waals surface area contributed by atoms with Crippen LogP contribution in [-0.4, -0.2) is 41.2 Å². The molecule has 3 heterocycles. The van der Waals surface area contributed by atoms with Gasteiger partial charge in [-0.15, -0.1) is 0 Å². The average molecular weight is 353 g/mol. The molecule has 1 aromatic heterocycles. The molecule has 2 amide bonds. The summed E-state index contributed by atoms with van der Waals surface area (Å²) in [6.45, 7) is 0. The van der Waals surface area contributed by atoms with Gasteiger partial charge in [-0.05, 0) is 49.2 Å². The number of anilines is 1. The first kappa shape index (κ1) is 16.7. The summed E-state index contributed by atoms with van der Waals surface area (Å²) in [5.74, 6) is 1.57. The van der Waals surface area contributed by atoms with Gasteiger partial charge in [0.25, 0.3) is 0 Å². The number of nitrogens with zero attached hydrogens (tertiary/aromatic N) is 2. The number of nitrogens with one attached hydrogen (secondary N) is 1. The van der Waals surface area contributed by atoms with Gasteiger partial charge in [-0.25, -0.2) is 4.79 Å². The highest BCUT2D eigenvalue weighted by atomic mass is 16.5. The minimum atomic E-state index is -0.0255. The molecular formula is C20H23N3O3. The number of hydrogen-bond donors (Lipinski definition) is 1. The zero-order valence-electron chi connectivity index (χ0n) is 14.8. The number of pyridine rings is 1. The minimum Gasteiger partial charge on any atom is -0.497 e. The molecule has 0 spiro atoms. The van der Waals surface area contributed by atoms with E-state index in [0.29, 0.717) is 0 Å². The first-order chi connectivity index (χ1) is 12.7. The van der Waals surface area contributed by atoms with E-state index in [-0.39, 0.29) is 24.2 Å². The second kappa shape index (κ2) is 7.23. The van der Waals surface area contributed by atoms with Crippen LogP contribution in [0.2, 0.25) is 0 Å². The highest BCUT2D eigenvalue weighted by Crippen LogP contribution is 2.37. The molecule has 2 saturated heterocycles. The monoisotopic (exact) mass is 353 g/mol. The van der Waals surface area contributed by atoms with Crippen LogP contribution >= 0.6 is 0 Å². The molecule has 2 fully saturated rings. The Bertz CT molecular complexity index is 737. The van der Waals surface area contributed by atoms with Crippen molar-refractivity contribution in [3.63, 3.8) is 0 Å². The van der Waals surface area contributed by atoms with Crippen molar-refractivity contribution in [1.82, 2.24) is 9.88 Å². The molecule has 2 aliphatic rings. The molecule has 4 rings (SSSR count). The van der Waals surface area contributed by atoms with Crippen molar-refractivity contribution in [3.8, 4) is 11.5 Å². The maximum absolute atomic E-state index is 12.8. The van der Waals surface area contributed by atoms with Gasteiger partial charge in [-0.2, -0.15) is 0 Å². The van der Waals surface area contributed by atoms with Crippen molar-refractivity contribution in [3.05, 3.63) is 48.8 Å². The van der Waals surface area contributed by atoms with Crippen molar-refractivity contribution in [1.29, 1.82) is 0 Å². The van der Waals surface area contributed by atoms with Crippen molar-refractivity contribution in [2.24, 2.45) is 0 Å². The predicted octanol–water partition coefficient (Wildman–Crippen LogP) is 3.70. The Morgan fingerprint density at radius 2 is 1.85 bits per heavy atom. The van der Waals surface area contributed by atoms with Crippen molar-refractivity contribution in [2.75, 3.05) is 12.4 Å². The molecule has 2 aliphatic heterocycles. The fourth-order valence-corrected chi connectivity index (χ4v) is 4.03. The van der Waals surface area contributed by atoms with Gasteiger partial charge in [0.1, 0.15) is 17.6 Å². The smallest absolute Gasteiger partial charge is 0.322 e. The van der Waals surface area contributed by atoms with Crippen molar-refractivity contribution >= 4 is 11.7 Å². The number of carbonyl (C=O) groups excluding carboxylic acids is 1. The lowest BCUT2D eigenvalue weighted by atomic mass is 10.00. The topological polar surface area (TPSA) is 63.7 Å². The molecule has 2 aromatic rings. The van der Waals surface area contributed by atoms with Gasteiger partial charge in [0.2, 0.25) is 0 Å². The Kier molecular flexibility index (Phi) is 4.65.